The molecular formula is C16H19NO4. The molecule has 2 aliphatic carbocycles. The molecule has 1 aromatic carbocycles. The fourth-order valence-electron chi connectivity index (χ4n) is 2.73. The lowest BCUT2D eigenvalue weighted by Crippen LogP contribution is -2.32. The van der Waals surface area contributed by atoms with Crippen molar-refractivity contribution in [3.05, 3.63) is 29.8 Å². The predicted molar refractivity (Wildman–Crippen MR) is 75.8 cm³/mol. The molecular weight excluding hydrogens is 270 g/mol. The van der Waals surface area contributed by atoms with Crippen molar-refractivity contribution >= 4 is 11.9 Å². The third-order valence-electron chi connectivity index (χ3n) is 4.31. The number of hydrogen-bond donors (Lipinski definition) is 2. The third-order valence-corrected chi connectivity index (χ3v) is 4.31. The monoisotopic (exact) mass is 289 g/mol. The quantitative estimate of drug-likeness (QED) is 0.839. The topological polar surface area (TPSA) is 75.6 Å². The van der Waals surface area contributed by atoms with Gasteiger partial charge >= 0.3 is 5.97 Å². The van der Waals surface area contributed by atoms with Crippen LogP contribution in [0.2, 0.25) is 0 Å². The molecule has 0 bridgehead atoms. The van der Waals surface area contributed by atoms with E-state index in [-0.39, 0.29) is 17.9 Å². The molecule has 1 unspecified atom stereocenters. The molecule has 2 saturated carbocycles. The first-order valence-corrected chi connectivity index (χ1v) is 7.27. The SMILES string of the molecule is COc1ccc(C(NC(=O)[C@@H]2C[C@@H]2C(=O)O)C2CC2)cc1. The van der Waals surface area contributed by atoms with Crippen molar-refractivity contribution in [1.82, 2.24) is 5.32 Å². The van der Waals surface area contributed by atoms with Gasteiger partial charge in [-0.05, 0) is 42.9 Å². The first-order chi connectivity index (χ1) is 10.1. The van der Waals surface area contributed by atoms with Crippen LogP contribution in [0, 0.1) is 17.8 Å². The molecule has 1 amide bonds. The number of rotatable bonds is 6. The van der Waals surface area contributed by atoms with Crippen LogP contribution in [-0.4, -0.2) is 24.1 Å². The van der Waals surface area contributed by atoms with E-state index in [1.54, 1.807) is 7.11 Å². The van der Waals surface area contributed by atoms with Crippen molar-refractivity contribution < 1.29 is 19.4 Å². The van der Waals surface area contributed by atoms with Gasteiger partial charge in [0.1, 0.15) is 5.75 Å². The smallest absolute Gasteiger partial charge is 0.307 e. The Morgan fingerprint density at radius 1 is 1.24 bits per heavy atom. The Hall–Kier alpha value is -2.04. The van der Waals surface area contributed by atoms with Gasteiger partial charge in [-0.1, -0.05) is 12.1 Å². The van der Waals surface area contributed by atoms with Crippen LogP contribution in [0.4, 0.5) is 0 Å². The van der Waals surface area contributed by atoms with E-state index >= 15 is 0 Å². The Kier molecular flexibility index (Phi) is 3.57. The summed E-state index contributed by atoms with van der Waals surface area (Å²) in [6.07, 6.45) is 2.66. The predicted octanol–water partition coefficient (Wildman–Crippen LogP) is 1.98. The van der Waals surface area contributed by atoms with Crippen LogP contribution < -0.4 is 10.1 Å². The lowest BCUT2D eigenvalue weighted by atomic mass is 10.0. The zero-order chi connectivity index (χ0) is 15.0. The number of methoxy groups -OCH3 is 1. The molecule has 2 N–H and O–H groups in total. The van der Waals surface area contributed by atoms with Gasteiger partial charge in [0.15, 0.2) is 0 Å². The van der Waals surface area contributed by atoms with E-state index in [2.05, 4.69) is 5.32 Å². The van der Waals surface area contributed by atoms with Crippen LogP contribution in [0.1, 0.15) is 30.9 Å². The molecule has 0 aromatic heterocycles. The fourth-order valence-corrected chi connectivity index (χ4v) is 2.73. The Bertz CT molecular complexity index is 550. The van der Waals surface area contributed by atoms with Gasteiger partial charge in [0.05, 0.1) is 25.0 Å². The van der Waals surface area contributed by atoms with Crippen LogP contribution >= 0.6 is 0 Å². The van der Waals surface area contributed by atoms with Crippen molar-refractivity contribution in [2.75, 3.05) is 7.11 Å². The number of carboxylic acid groups (broad SMARTS) is 1. The molecule has 2 fully saturated rings. The maximum absolute atomic E-state index is 12.2. The Morgan fingerprint density at radius 3 is 2.38 bits per heavy atom. The zero-order valence-electron chi connectivity index (χ0n) is 11.9. The van der Waals surface area contributed by atoms with Crippen LogP contribution in [-0.2, 0) is 9.59 Å². The van der Waals surface area contributed by atoms with Crippen LogP contribution in [0.3, 0.4) is 0 Å². The van der Waals surface area contributed by atoms with Gasteiger partial charge in [0.2, 0.25) is 5.91 Å². The number of ether oxygens (including phenoxy) is 1. The molecule has 0 heterocycles. The summed E-state index contributed by atoms with van der Waals surface area (Å²) < 4.78 is 5.14. The number of benzene rings is 1. The van der Waals surface area contributed by atoms with E-state index in [9.17, 15) is 9.59 Å². The maximum atomic E-state index is 12.2. The molecule has 3 atom stereocenters. The van der Waals surface area contributed by atoms with E-state index in [0.717, 1.165) is 24.2 Å². The second-order valence-corrected chi connectivity index (χ2v) is 5.88. The van der Waals surface area contributed by atoms with E-state index in [1.165, 1.54) is 0 Å². The Balaban J connectivity index is 1.67. The minimum absolute atomic E-state index is 0.0153. The normalized spacial score (nSPS) is 25.0. The molecule has 0 spiro atoms. The average molecular weight is 289 g/mol. The lowest BCUT2D eigenvalue weighted by Gasteiger charge is -2.19. The zero-order valence-corrected chi connectivity index (χ0v) is 11.9. The van der Waals surface area contributed by atoms with Crippen molar-refractivity contribution in [3.8, 4) is 5.75 Å². The minimum Gasteiger partial charge on any atom is -0.497 e. The highest BCUT2D eigenvalue weighted by molar-refractivity contribution is 5.89. The number of hydrogen-bond acceptors (Lipinski definition) is 3. The summed E-state index contributed by atoms with van der Waals surface area (Å²) in [6.45, 7) is 0. The van der Waals surface area contributed by atoms with Crippen molar-refractivity contribution in [3.63, 3.8) is 0 Å². The molecule has 5 nitrogen and oxygen atoms in total. The molecule has 112 valence electrons. The summed E-state index contributed by atoms with van der Waals surface area (Å²) in [5.74, 6) is -0.613. The molecule has 2 aliphatic rings. The second kappa shape index (κ2) is 5.39. The molecule has 0 saturated heterocycles. The number of nitrogens with one attached hydrogen (secondary N) is 1. The Morgan fingerprint density at radius 2 is 1.90 bits per heavy atom. The first-order valence-electron chi connectivity index (χ1n) is 7.27. The van der Waals surface area contributed by atoms with Crippen molar-refractivity contribution in [2.24, 2.45) is 17.8 Å². The molecule has 3 rings (SSSR count). The van der Waals surface area contributed by atoms with Gasteiger partial charge in [-0.3, -0.25) is 9.59 Å². The number of carbonyl (C=O) groups is 2. The summed E-state index contributed by atoms with van der Waals surface area (Å²) in [5, 5.41) is 11.9. The summed E-state index contributed by atoms with van der Waals surface area (Å²) in [7, 11) is 1.62. The third kappa shape index (κ3) is 3.01. The molecule has 5 heteroatoms. The molecule has 0 radical (unpaired) electrons. The summed E-state index contributed by atoms with van der Waals surface area (Å²) >= 11 is 0. The van der Waals surface area contributed by atoms with Gasteiger partial charge in [-0.15, -0.1) is 0 Å². The van der Waals surface area contributed by atoms with Gasteiger partial charge in [-0.25, -0.2) is 0 Å². The minimum atomic E-state index is -0.873. The highest BCUT2D eigenvalue weighted by Gasteiger charge is 2.49. The standard InChI is InChI=1S/C16H19NO4/c1-21-11-6-4-10(5-7-11)14(9-2-3-9)17-15(18)12-8-13(12)16(19)20/h4-7,9,12-14H,2-3,8H2,1H3,(H,17,18)(H,19,20)/t12-,13+,14?/m1/s1. The first kappa shape index (κ1) is 13.9. The van der Waals surface area contributed by atoms with Crippen molar-refractivity contribution in [2.45, 2.75) is 25.3 Å². The molecule has 21 heavy (non-hydrogen) atoms. The lowest BCUT2D eigenvalue weighted by molar-refractivity contribution is -0.140. The number of carbonyl (C=O) groups excluding carboxylic acids is 1. The second-order valence-electron chi connectivity index (χ2n) is 5.88. The van der Waals surface area contributed by atoms with E-state index in [1.807, 2.05) is 24.3 Å². The average Bonchev–Trinajstić information content (AvgIpc) is 3.37. The maximum Gasteiger partial charge on any atom is 0.307 e. The van der Waals surface area contributed by atoms with Gasteiger partial charge in [0.25, 0.3) is 0 Å². The van der Waals surface area contributed by atoms with E-state index in [0.29, 0.717) is 12.3 Å². The fraction of sp³-hybridized carbons (Fsp3) is 0.500. The highest BCUT2D eigenvalue weighted by atomic mass is 16.5. The summed E-state index contributed by atoms with van der Waals surface area (Å²) in [4.78, 5) is 23.0. The van der Waals surface area contributed by atoms with E-state index in [4.69, 9.17) is 9.84 Å². The van der Waals surface area contributed by atoms with Crippen molar-refractivity contribution in [1.29, 1.82) is 0 Å². The van der Waals surface area contributed by atoms with Crippen LogP contribution in [0.25, 0.3) is 0 Å². The number of aliphatic carboxylic acids is 1. The van der Waals surface area contributed by atoms with Gasteiger partial charge in [0, 0.05) is 0 Å². The van der Waals surface area contributed by atoms with Crippen LogP contribution in [0.5, 0.6) is 5.75 Å². The number of carboxylic acids is 1. The van der Waals surface area contributed by atoms with Gasteiger partial charge < -0.3 is 15.2 Å². The van der Waals surface area contributed by atoms with Crippen LogP contribution in [0.15, 0.2) is 24.3 Å². The highest BCUT2D eigenvalue weighted by Crippen LogP contribution is 2.43. The summed E-state index contributed by atoms with van der Waals surface area (Å²) in [5.41, 5.74) is 1.05. The molecule has 1 aromatic rings. The molecule has 0 aliphatic heterocycles. The Labute approximate surface area is 123 Å². The van der Waals surface area contributed by atoms with Gasteiger partial charge in [-0.2, -0.15) is 0 Å². The summed E-state index contributed by atoms with van der Waals surface area (Å²) in [6, 6.07) is 7.67. The van der Waals surface area contributed by atoms with E-state index < -0.39 is 11.9 Å². The number of amides is 1. The largest absolute Gasteiger partial charge is 0.497 e.